The van der Waals surface area contributed by atoms with Crippen molar-refractivity contribution in [3.05, 3.63) is 65.5 Å². The number of nitrogens with zero attached hydrogens (tertiary/aromatic N) is 1. The molecule has 1 atom stereocenters. The summed E-state index contributed by atoms with van der Waals surface area (Å²) in [4.78, 5) is 27.2. The molecule has 1 aliphatic heterocycles. The first-order valence-corrected chi connectivity index (χ1v) is 5.85. The smallest absolute Gasteiger partial charge is 0.349 e. The number of rotatable bonds is 3. The molecule has 2 heterocycles. The van der Waals surface area contributed by atoms with E-state index in [-0.39, 0.29) is 5.91 Å². The first-order valence-electron chi connectivity index (χ1n) is 5.85. The monoisotopic (exact) mass is 267 g/mol. The van der Waals surface area contributed by atoms with E-state index in [1.165, 1.54) is 12.4 Å². The molecule has 20 heavy (non-hydrogen) atoms. The number of esters is 1. The molecule has 3 rings (SSSR count). The number of nitrogens with one attached hydrogen (secondary N) is 2. The Kier molecular flexibility index (Phi) is 3.03. The topological polar surface area (TPSA) is 80.3 Å². The van der Waals surface area contributed by atoms with Crippen LogP contribution in [0.1, 0.15) is 32.5 Å². The molecule has 1 unspecified atom stereocenters. The number of carbonyl (C=O) groups excluding carboxylic acids is 2. The number of aromatic nitrogens is 1. The summed E-state index contributed by atoms with van der Waals surface area (Å²) >= 11 is 0. The molecule has 1 amide bonds. The molecule has 0 spiro atoms. The third kappa shape index (κ3) is 2.18. The van der Waals surface area contributed by atoms with Gasteiger partial charge in [0, 0.05) is 23.5 Å². The molecule has 0 saturated carbocycles. The summed E-state index contributed by atoms with van der Waals surface area (Å²) in [7, 11) is 0. The van der Waals surface area contributed by atoms with E-state index in [1.807, 2.05) is 0 Å². The van der Waals surface area contributed by atoms with Gasteiger partial charge in [0.05, 0.1) is 0 Å². The second kappa shape index (κ2) is 4.99. The highest BCUT2D eigenvalue weighted by atomic mass is 16.6. The lowest BCUT2D eigenvalue weighted by Gasteiger charge is -2.13. The van der Waals surface area contributed by atoms with Gasteiger partial charge in [0.2, 0.25) is 0 Å². The summed E-state index contributed by atoms with van der Waals surface area (Å²) in [6.45, 7) is 0. The van der Waals surface area contributed by atoms with Crippen LogP contribution in [0.15, 0.2) is 36.7 Å². The van der Waals surface area contributed by atoms with E-state index in [2.05, 4.69) is 28.0 Å². The van der Waals surface area contributed by atoms with Gasteiger partial charge in [-0.3, -0.25) is 15.2 Å². The molecule has 1 aromatic heterocycles. The van der Waals surface area contributed by atoms with Crippen molar-refractivity contribution in [2.45, 2.75) is 6.23 Å². The minimum absolute atomic E-state index is 0.322. The van der Waals surface area contributed by atoms with E-state index in [9.17, 15) is 9.59 Å². The summed E-state index contributed by atoms with van der Waals surface area (Å²) < 4.78 is 5.09. The summed E-state index contributed by atoms with van der Waals surface area (Å²) in [5.41, 5.74) is 6.54. The van der Waals surface area contributed by atoms with Crippen molar-refractivity contribution in [2.75, 3.05) is 0 Å². The molecule has 0 bridgehead atoms. The van der Waals surface area contributed by atoms with E-state index in [1.54, 1.807) is 24.3 Å². The maximum absolute atomic E-state index is 11.8. The van der Waals surface area contributed by atoms with Crippen molar-refractivity contribution >= 4 is 11.9 Å². The highest BCUT2D eigenvalue weighted by molar-refractivity contribution is 5.94. The van der Waals surface area contributed by atoms with Gasteiger partial charge in [0.15, 0.2) is 6.23 Å². The average molecular weight is 267 g/mol. The van der Waals surface area contributed by atoms with Crippen LogP contribution >= 0.6 is 0 Å². The van der Waals surface area contributed by atoms with Crippen molar-refractivity contribution in [3.63, 3.8) is 0 Å². The van der Waals surface area contributed by atoms with Gasteiger partial charge in [0.25, 0.3) is 5.91 Å². The fraction of sp³-hybridized carbons (Fsp3) is 0.0714. The molecule has 0 fully saturated rings. The third-order valence-electron chi connectivity index (χ3n) is 2.80. The zero-order valence-electron chi connectivity index (χ0n) is 10.2. The number of hydrogen-bond acceptors (Lipinski definition) is 5. The van der Waals surface area contributed by atoms with Crippen molar-refractivity contribution in [2.24, 2.45) is 0 Å². The quantitative estimate of drug-likeness (QED) is 0.634. The SMILES string of the molecule is O=C(NNC1OC(=O)c2c#cccc21)c1ccncc1. The first kappa shape index (κ1) is 12.1. The Morgan fingerprint density at radius 1 is 1.30 bits per heavy atom. The maximum atomic E-state index is 11.8. The number of carbonyl (C=O) groups is 2. The number of hydrogen-bond donors (Lipinski definition) is 2. The lowest BCUT2D eigenvalue weighted by atomic mass is 10.1. The van der Waals surface area contributed by atoms with Crippen LogP contribution in [0.25, 0.3) is 0 Å². The van der Waals surface area contributed by atoms with Gasteiger partial charge in [-0.15, -0.1) is 0 Å². The lowest BCUT2D eigenvalue weighted by molar-refractivity contribution is 0.0261. The van der Waals surface area contributed by atoms with Gasteiger partial charge in [-0.05, 0) is 24.3 Å². The van der Waals surface area contributed by atoms with Crippen molar-refractivity contribution < 1.29 is 14.3 Å². The molecular weight excluding hydrogens is 258 g/mol. The Morgan fingerprint density at radius 3 is 2.90 bits per heavy atom. The lowest BCUT2D eigenvalue weighted by Crippen LogP contribution is -2.40. The van der Waals surface area contributed by atoms with Gasteiger partial charge in [0.1, 0.15) is 5.56 Å². The first-order chi connectivity index (χ1) is 9.75. The molecule has 0 saturated heterocycles. The van der Waals surface area contributed by atoms with Crippen LogP contribution in [0.3, 0.4) is 0 Å². The maximum Gasteiger partial charge on any atom is 0.349 e. The predicted molar refractivity (Wildman–Crippen MR) is 67.1 cm³/mol. The largest absolute Gasteiger partial charge is 0.436 e. The molecule has 6 heteroatoms. The van der Waals surface area contributed by atoms with Gasteiger partial charge in [-0.1, -0.05) is 12.1 Å². The second-order valence-electron chi connectivity index (χ2n) is 4.05. The van der Waals surface area contributed by atoms with Crippen LogP contribution in [0.5, 0.6) is 0 Å². The Bertz CT molecular complexity index is 658. The van der Waals surface area contributed by atoms with Crippen LogP contribution in [-0.2, 0) is 4.74 Å². The Balaban J connectivity index is 1.69. The third-order valence-corrected chi connectivity index (χ3v) is 2.80. The molecule has 1 aliphatic rings. The van der Waals surface area contributed by atoms with Crippen molar-refractivity contribution in [1.82, 2.24) is 15.8 Å². The van der Waals surface area contributed by atoms with Gasteiger partial charge in [-0.2, -0.15) is 5.43 Å². The fourth-order valence-electron chi connectivity index (χ4n) is 1.83. The highest BCUT2D eigenvalue weighted by Gasteiger charge is 2.31. The number of pyridine rings is 1. The van der Waals surface area contributed by atoms with E-state index in [0.29, 0.717) is 16.7 Å². The van der Waals surface area contributed by atoms with Crippen molar-refractivity contribution in [3.8, 4) is 0 Å². The number of ether oxygens (including phenoxy) is 1. The van der Waals surface area contributed by atoms with Gasteiger partial charge in [-0.25, -0.2) is 4.79 Å². The number of cyclic esters (lactones) is 1. The molecule has 0 radical (unpaired) electrons. The number of amides is 1. The minimum atomic E-state index is -0.728. The molecule has 6 nitrogen and oxygen atoms in total. The van der Waals surface area contributed by atoms with Crippen LogP contribution in [0.2, 0.25) is 0 Å². The van der Waals surface area contributed by atoms with E-state index < -0.39 is 12.2 Å². The zero-order valence-corrected chi connectivity index (χ0v) is 10.2. The molecule has 2 N–H and O–H groups in total. The Morgan fingerprint density at radius 2 is 2.10 bits per heavy atom. The van der Waals surface area contributed by atoms with E-state index >= 15 is 0 Å². The van der Waals surface area contributed by atoms with Crippen molar-refractivity contribution in [1.29, 1.82) is 0 Å². The minimum Gasteiger partial charge on any atom is -0.436 e. The van der Waals surface area contributed by atoms with Crippen LogP contribution in [0.4, 0.5) is 0 Å². The van der Waals surface area contributed by atoms with Crippen LogP contribution in [-0.4, -0.2) is 16.9 Å². The Hall–Kier alpha value is -2.91. The molecular formula is C14H9N3O3. The summed E-state index contributed by atoms with van der Waals surface area (Å²) in [6, 6.07) is 11.8. The highest BCUT2D eigenvalue weighted by Crippen LogP contribution is 2.25. The zero-order chi connectivity index (χ0) is 13.9. The molecule has 1 aromatic carbocycles. The number of hydrazine groups is 1. The standard InChI is InChI=1S/C14H9N3O3/c18-12(9-5-7-15-8-6-9)16-17-13-10-3-1-2-4-11(10)14(19)20-13/h1,3,5-8,13,17H,(H,16,18). The second-order valence-corrected chi connectivity index (χ2v) is 4.05. The normalized spacial score (nSPS) is 16.0. The van der Waals surface area contributed by atoms with Crippen LogP contribution in [0, 0.1) is 12.1 Å². The van der Waals surface area contributed by atoms with E-state index in [0.717, 1.165) is 0 Å². The van der Waals surface area contributed by atoms with Crippen LogP contribution < -0.4 is 10.9 Å². The number of fused-ring (bicyclic) bond motifs is 1. The molecule has 98 valence electrons. The summed E-state index contributed by atoms with van der Waals surface area (Å²) in [6.07, 6.45) is 2.31. The summed E-state index contributed by atoms with van der Waals surface area (Å²) in [5.74, 6) is -0.837. The average Bonchev–Trinajstić information content (AvgIpc) is 2.83. The van der Waals surface area contributed by atoms with Gasteiger partial charge >= 0.3 is 5.97 Å². The Labute approximate surface area is 114 Å². The summed E-state index contributed by atoms with van der Waals surface area (Å²) in [5, 5.41) is 0. The predicted octanol–water partition coefficient (Wildman–Crippen LogP) is 0.786. The molecule has 2 aromatic rings. The van der Waals surface area contributed by atoms with Gasteiger partial charge < -0.3 is 4.74 Å². The fourth-order valence-corrected chi connectivity index (χ4v) is 1.83. The molecule has 0 aliphatic carbocycles. The van der Waals surface area contributed by atoms with E-state index in [4.69, 9.17) is 4.74 Å².